The Morgan fingerprint density at radius 3 is 2.23 bits per heavy atom. The molecule has 0 N–H and O–H groups in total. The molecular formula is C25H33NO4. The van der Waals surface area contributed by atoms with Gasteiger partial charge in [-0.2, -0.15) is 0 Å². The Morgan fingerprint density at radius 1 is 1.03 bits per heavy atom. The highest BCUT2D eigenvalue weighted by Gasteiger charge is 2.33. The van der Waals surface area contributed by atoms with Gasteiger partial charge in [0.05, 0.1) is 20.3 Å². The van der Waals surface area contributed by atoms with Crippen molar-refractivity contribution in [3.8, 4) is 17.2 Å². The molecule has 1 aliphatic rings. The SMILES string of the molecule is COc1cc2c(cc1OC)C(COc1ccc(C(C)C)cc1)N(C(=O)C(C)C)CC2. The highest BCUT2D eigenvalue weighted by Crippen LogP contribution is 2.39. The predicted molar refractivity (Wildman–Crippen MR) is 119 cm³/mol. The monoisotopic (exact) mass is 411 g/mol. The Labute approximate surface area is 179 Å². The summed E-state index contributed by atoms with van der Waals surface area (Å²) < 4.78 is 17.2. The van der Waals surface area contributed by atoms with Crippen molar-refractivity contribution in [3.05, 3.63) is 53.1 Å². The fourth-order valence-corrected chi connectivity index (χ4v) is 3.93. The third-order valence-electron chi connectivity index (χ3n) is 5.73. The van der Waals surface area contributed by atoms with Crippen molar-refractivity contribution in [2.75, 3.05) is 27.4 Å². The fraction of sp³-hybridized carbons (Fsp3) is 0.480. The quantitative estimate of drug-likeness (QED) is 0.644. The highest BCUT2D eigenvalue weighted by molar-refractivity contribution is 5.79. The van der Waals surface area contributed by atoms with Crippen LogP contribution in [0.5, 0.6) is 17.2 Å². The lowest BCUT2D eigenvalue weighted by Gasteiger charge is -2.38. The molecule has 0 aromatic heterocycles. The van der Waals surface area contributed by atoms with Crippen LogP contribution in [0.1, 0.15) is 56.3 Å². The number of hydrogen-bond acceptors (Lipinski definition) is 4. The third-order valence-corrected chi connectivity index (χ3v) is 5.73. The zero-order valence-corrected chi connectivity index (χ0v) is 18.9. The molecule has 0 spiro atoms. The maximum atomic E-state index is 12.9. The molecular weight excluding hydrogens is 378 g/mol. The number of methoxy groups -OCH3 is 2. The van der Waals surface area contributed by atoms with Crippen molar-refractivity contribution < 1.29 is 19.0 Å². The smallest absolute Gasteiger partial charge is 0.225 e. The van der Waals surface area contributed by atoms with Crippen LogP contribution in [0.3, 0.4) is 0 Å². The van der Waals surface area contributed by atoms with Crippen LogP contribution in [0, 0.1) is 5.92 Å². The molecule has 1 aliphatic heterocycles. The first-order valence-corrected chi connectivity index (χ1v) is 10.6. The van der Waals surface area contributed by atoms with Gasteiger partial charge in [0, 0.05) is 12.5 Å². The van der Waals surface area contributed by atoms with E-state index in [0.29, 0.717) is 30.6 Å². The first kappa shape index (κ1) is 22.0. The lowest BCUT2D eigenvalue weighted by molar-refractivity contribution is -0.138. The van der Waals surface area contributed by atoms with Crippen LogP contribution in [0.4, 0.5) is 0 Å². The van der Waals surface area contributed by atoms with Crippen molar-refractivity contribution in [1.29, 1.82) is 0 Å². The summed E-state index contributed by atoms with van der Waals surface area (Å²) in [4.78, 5) is 14.9. The molecule has 5 heteroatoms. The highest BCUT2D eigenvalue weighted by atomic mass is 16.5. The van der Waals surface area contributed by atoms with Gasteiger partial charge < -0.3 is 19.1 Å². The maximum Gasteiger partial charge on any atom is 0.225 e. The Hall–Kier alpha value is -2.69. The second-order valence-electron chi connectivity index (χ2n) is 8.39. The summed E-state index contributed by atoms with van der Waals surface area (Å²) in [6.07, 6.45) is 0.785. The van der Waals surface area contributed by atoms with E-state index in [0.717, 1.165) is 17.7 Å². The van der Waals surface area contributed by atoms with E-state index in [9.17, 15) is 4.79 Å². The molecule has 0 radical (unpaired) electrons. The summed E-state index contributed by atoms with van der Waals surface area (Å²) in [5.41, 5.74) is 3.51. The molecule has 1 amide bonds. The second-order valence-corrected chi connectivity index (χ2v) is 8.39. The zero-order valence-electron chi connectivity index (χ0n) is 18.9. The molecule has 30 heavy (non-hydrogen) atoms. The first-order valence-electron chi connectivity index (χ1n) is 10.6. The summed E-state index contributed by atoms with van der Waals surface area (Å²) in [6, 6.07) is 12.0. The number of carbonyl (C=O) groups excluding carboxylic acids is 1. The van der Waals surface area contributed by atoms with Crippen LogP contribution in [0.25, 0.3) is 0 Å². The van der Waals surface area contributed by atoms with Crippen LogP contribution in [0.2, 0.25) is 0 Å². The van der Waals surface area contributed by atoms with Gasteiger partial charge in [-0.1, -0.05) is 39.8 Å². The summed E-state index contributed by atoms with van der Waals surface area (Å²) in [5, 5.41) is 0. The zero-order chi connectivity index (χ0) is 21.8. The van der Waals surface area contributed by atoms with Crippen molar-refractivity contribution >= 4 is 5.91 Å². The molecule has 5 nitrogen and oxygen atoms in total. The summed E-state index contributed by atoms with van der Waals surface area (Å²) in [6.45, 7) is 9.28. The van der Waals surface area contributed by atoms with Crippen molar-refractivity contribution in [3.63, 3.8) is 0 Å². The number of amides is 1. The van der Waals surface area contributed by atoms with Crippen LogP contribution in [0.15, 0.2) is 36.4 Å². The van der Waals surface area contributed by atoms with Crippen molar-refractivity contribution in [1.82, 2.24) is 4.90 Å². The third kappa shape index (κ3) is 4.55. The molecule has 162 valence electrons. The van der Waals surface area contributed by atoms with Gasteiger partial charge in [-0.25, -0.2) is 0 Å². The van der Waals surface area contributed by atoms with E-state index in [4.69, 9.17) is 14.2 Å². The fourth-order valence-electron chi connectivity index (χ4n) is 3.93. The lowest BCUT2D eigenvalue weighted by atomic mass is 9.91. The largest absolute Gasteiger partial charge is 0.493 e. The van der Waals surface area contributed by atoms with Crippen molar-refractivity contribution in [2.45, 2.75) is 46.1 Å². The number of benzene rings is 2. The lowest BCUT2D eigenvalue weighted by Crippen LogP contribution is -2.44. The molecule has 1 heterocycles. The predicted octanol–water partition coefficient (Wildman–Crippen LogP) is 4.99. The molecule has 0 bridgehead atoms. The molecule has 1 atom stereocenters. The number of fused-ring (bicyclic) bond motifs is 1. The van der Waals surface area contributed by atoms with Gasteiger partial charge in [-0.05, 0) is 53.3 Å². The van der Waals surface area contributed by atoms with Gasteiger partial charge in [0.25, 0.3) is 0 Å². The van der Waals surface area contributed by atoms with Crippen LogP contribution in [-0.2, 0) is 11.2 Å². The Balaban J connectivity index is 1.91. The Bertz CT molecular complexity index is 873. The average molecular weight is 412 g/mol. The molecule has 0 saturated carbocycles. The average Bonchev–Trinajstić information content (AvgIpc) is 2.75. The minimum Gasteiger partial charge on any atom is -0.493 e. The number of hydrogen-bond donors (Lipinski definition) is 0. The van der Waals surface area contributed by atoms with Gasteiger partial charge >= 0.3 is 0 Å². The molecule has 0 fully saturated rings. The number of carbonyl (C=O) groups is 1. The van der Waals surface area contributed by atoms with E-state index in [2.05, 4.69) is 26.0 Å². The van der Waals surface area contributed by atoms with Gasteiger partial charge in [0.2, 0.25) is 5.91 Å². The minimum atomic E-state index is -0.173. The van der Waals surface area contributed by atoms with E-state index in [1.165, 1.54) is 11.1 Å². The standard InChI is InChI=1S/C25H33NO4/c1-16(2)18-7-9-20(10-8-18)30-15-22-21-14-24(29-6)23(28-5)13-19(21)11-12-26(22)25(27)17(3)4/h7-10,13-14,16-17,22H,11-12,15H2,1-6H3. The molecule has 0 aliphatic carbocycles. The molecule has 2 aromatic carbocycles. The van der Waals surface area contributed by atoms with Crippen LogP contribution in [-0.4, -0.2) is 38.2 Å². The topological polar surface area (TPSA) is 48.0 Å². The number of ether oxygens (including phenoxy) is 3. The first-order chi connectivity index (χ1) is 14.3. The summed E-state index contributed by atoms with van der Waals surface area (Å²) >= 11 is 0. The van der Waals surface area contributed by atoms with Gasteiger partial charge in [0.1, 0.15) is 12.4 Å². The normalized spacial score (nSPS) is 15.9. The van der Waals surface area contributed by atoms with E-state index in [1.807, 2.05) is 43.0 Å². The number of nitrogens with zero attached hydrogens (tertiary/aromatic N) is 1. The van der Waals surface area contributed by atoms with Crippen LogP contribution < -0.4 is 14.2 Å². The molecule has 0 saturated heterocycles. The second kappa shape index (κ2) is 9.41. The van der Waals surface area contributed by atoms with E-state index in [1.54, 1.807) is 14.2 Å². The number of rotatable bonds is 7. The Morgan fingerprint density at radius 2 is 1.67 bits per heavy atom. The minimum absolute atomic E-state index is 0.0699. The molecule has 3 rings (SSSR count). The van der Waals surface area contributed by atoms with Gasteiger partial charge in [-0.15, -0.1) is 0 Å². The van der Waals surface area contributed by atoms with Crippen molar-refractivity contribution in [2.24, 2.45) is 5.92 Å². The maximum absolute atomic E-state index is 12.9. The van der Waals surface area contributed by atoms with E-state index in [-0.39, 0.29) is 17.9 Å². The molecule has 2 aromatic rings. The summed E-state index contributed by atoms with van der Waals surface area (Å²) in [5.74, 6) is 2.73. The molecule has 1 unspecified atom stereocenters. The van der Waals surface area contributed by atoms with Gasteiger partial charge in [0.15, 0.2) is 11.5 Å². The van der Waals surface area contributed by atoms with E-state index < -0.39 is 0 Å². The Kier molecular flexibility index (Phi) is 6.91. The van der Waals surface area contributed by atoms with Crippen LogP contribution >= 0.6 is 0 Å². The van der Waals surface area contributed by atoms with Gasteiger partial charge in [-0.3, -0.25) is 4.79 Å². The summed E-state index contributed by atoms with van der Waals surface area (Å²) in [7, 11) is 3.27. The van der Waals surface area contributed by atoms with E-state index >= 15 is 0 Å².